The quantitative estimate of drug-likeness (QED) is 0.732. The number of para-hydroxylation sites is 1. The van der Waals surface area contributed by atoms with Gasteiger partial charge in [0.05, 0.1) is 5.69 Å². The van der Waals surface area contributed by atoms with Crippen molar-refractivity contribution >= 4 is 35.1 Å². The van der Waals surface area contributed by atoms with Crippen LogP contribution in [0, 0.1) is 0 Å². The smallest absolute Gasteiger partial charge is 0.250 e. The summed E-state index contributed by atoms with van der Waals surface area (Å²) in [5.74, 6) is 0.182. The number of carbonyl (C=O) groups is 1. The second kappa shape index (κ2) is 3.87. The summed E-state index contributed by atoms with van der Waals surface area (Å²) in [4.78, 5) is 14.7. The molecule has 0 radical (unpaired) electrons. The fourth-order valence-electron chi connectivity index (χ4n) is 1.43. The molecule has 1 aromatic rings. The van der Waals surface area contributed by atoms with Crippen LogP contribution in [0.25, 0.3) is 0 Å². The van der Waals surface area contributed by atoms with Crippen molar-refractivity contribution in [2.45, 2.75) is 9.48 Å². The molecule has 0 N–H and O–H groups in total. The molecule has 1 unspecified atom stereocenters. The Balaban J connectivity index is 2.42. The third-order valence-electron chi connectivity index (χ3n) is 2.21. The van der Waals surface area contributed by atoms with Gasteiger partial charge in [0.15, 0.2) is 0 Å². The summed E-state index contributed by atoms with van der Waals surface area (Å²) in [6, 6.07) is 8.01. The Bertz CT molecular complexity index is 367. The van der Waals surface area contributed by atoms with Crippen molar-refractivity contribution < 1.29 is 4.79 Å². The number of thioether (sulfide) groups is 2. The second-order valence-corrected chi connectivity index (χ2v) is 5.44. The first-order valence-electron chi connectivity index (χ1n) is 4.30. The first kappa shape index (κ1) is 9.93. The third-order valence-corrected chi connectivity index (χ3v) is 4.72. The summed E-state index contributed by atoms with van der Waals surface area (Å²) in [6.45, 7) is 0. The number of carbonyl (C=O) groups excluding carboxylic acids is 1. The summed E-state index contributed by atoms with van der Waals surface area (Å²) in [5, 5.41) is 0. The average Bonchev–Trinajstić information content (AvgIpc) is 2.23. The molecule has 2 nitrogen and oxygen atoms in total. The molecule has 0 aromatic heterocycles. The maximum absolute atomic E-state index is 11.8. The van der Waals surface area contributed by atoms with Crippen molar-refractivity contribution in [2.75, 3.05) is 18.2 Å². The van der Waals surface area contributed by atoms with Crippen LogP contribution in [-0.2, 0) is 4.79 Å². The first-order chi connectivity index (χ1) is 6.74. The summed E-state index contributed by atoms with van der Waals surface area (Å²) < 4.78 is 0.00917. The zero-order valence-corrected chi connectivity index (χ0v) is 9.69. The number of hydrogen-bond donors (Lipinski definition) is 0. The van der Waals surface area contributed by atoms with Gasteiger partial charge in [-0.2, -0.15) is 0 Å². The second-order valence-electron chi connectivity index (χ2n) is 3.05. The highest BCUT2D eigenvalue weighted by Crippen LogP contribution is 2.41. The van der Waals surface area contributed by atoms with E-state index < -0.39 is 0 Å². The lowest BCUT2D eigenvalue weighted by atomic mass is 10.3. The van der Waals surface area contributed by atoms with Gasteiger partial charge >= 0.3 is 0 Å². The Morgan fingerprint density at radius 3 is 2.86 bits per heavy atom. The highest BCUT2D eigenvalue weighted by molar-refractivity contribution is 8.18. The zero-order valence-electron chi connectivity index (χ0n) is 8.06. The van der Waals surface area contributed by atoms with Crippen LogP contribution >= 0.6 is 23.5 Å². The van der Waals surface area contributed by atoms with Crippen LogP contribution in [0.4, 0.5) is 5.69 Å². The van der Waals surface area contributed by atoms with Gasteiger partial charge in [0, 0.05) is 11.9 Å². The van der Waals surface area contributed by atoms with Crippen molar-refractivity contribution in [3.8, 4) is 0 Å². The number of benzene rings is 1. The van der Waals surface area contributed by atoms with Crippen LogP contribution in [0.3, 0.4) is 0 Å². The molecule has 4 heteroatoms. The van der Waals surface area contributed by atoms with Gasteiger partial charge in [0.1, 0.15) is 4.58 Å². The molecule has 0 saturated carbocycles. The molecule has 0 fully saturated rings. The number of fused-ring (bicyclic) bond motifs is 1. The van der Waals surface area contributed by atoms with E-state index in [0.717, 1.165) is 5.69 Å². The van der Waals surface area contributed by atoms with Crippen LogP contribution in [0.1, 0.15) is 0 Å². The van der Waals surface area contributed by atoms with Gasteiger partial charge in [-0.1, -0.05) is 23.9 Å². The molecule has 1 heterocycles. The van der Waals surface area contributed by atoms with Crippen molar-refractivity contribution in [3.63, 3.8) is 0 Å². The molecule has 0 spiro atoms. The molecule has 1 aliphatic rings. The molecule has 1 aromatic carbocycles. The minimum Gasteiger partial charge on any atom is -0.313 e. The van der Waals surface area contributed by atoms with Crippen LogP contribution < -0.4 is 4.90 Å². The van der Waals surface area contributed by atoms with E-state index in [1.54, 1.807) is 28.4 Å². The lowest BCUT2D eigenvalue weighted by molar-refractivity contribution is -0.116. The van der Waals surface area contributed by atoms with E-state index in [1.807, 2.05) is 31.5 Å². The van der Waals surface area contributed by atoms with Gasteiger partial charge < -0.3 is 4.90 Å². The minimum absolute atomic E-state index is 0.00917. The average molecular weight is 225 g/mol. The fraction of sp³-hybridized carbons (Fsp3) is 0.300. The lowest BCUT2D eigenvalue weighted by Crippen LogP contribution is -2.36. The Labute approximate surface area is 92.1 Å². The van der Waals surface area contributed by atoms with Gasteiger partial charge in [-0.3, -0.25) is 4.79 Å². The Morgan fingerprint density at radius 1 is 1.43 bits per heavy atom. The van der Waals surface area contributed by atoms with Crippen molar-refractivity contribution in [1.82, 2.24) is 0 Å². The number of nitrogens with zero attached hydrogens (tertiary/aromatic N) is 1. The van der Waals surface area contributed by atoms with Crippen LogP contribution in [0.5, 0.6) is 0 Å². The highest BCUT2D eigenvalue weighted by Gasteiger charge is 2.30. The van der Waals surface area contributed by atoms with Crippen LogP contribution in [-0.4, -0.2) is 23.8 Å². The number of anilines is 1. The number of rotatable bonds is 1. The third kappa shape index (κ3) is 1.53. The van der Waals surface area contributed by atoms with E-state index >= 15 is 0 Å². The highest BCUT2D eigenvalue weighted by atomic mass is 32.2. The van der Waals surface area contributed by atoms with E-state index in [1.165, 1.54) is 4.90 Å². The topological polar surface area (TPSA) is 20.3 Å². The molecular formula is C10H11NOS2. The summed E-state index contributed by atoms with van der Waals surface area (Å²) in [5.41, 5.74) is 1.02. The zero-order chi connectivity index (χ0) is 10.1. The summed E-state index contributed by atoms with van der Waals surface area (Å²) in [6.07, 6.45) is 1.97. The molecule has 1 amide bonds. The predicted octanol–water partition coefficient (Wildman–Crippen LogP) is 2.44. The summed E-state index contributed by atoms with van der Waals surface area (Å²) in [7, 11) is 1.84. The van der Waals surface area contributed by atoms with Crippen LogP contribution in [0.15, 0.2) is 29.2 Å². The van der Waals surface area contributed by atoms with Crippen LogP contribution in [0.2, 0.25) is 0 Å². The van der Waals surface area contributed by atoms with Crippen molar-refractivity contribution in [3.05, 3.63) is 24.3 Å². The lowest BCUT2D eigenvalue weighted by Gasteiger charge is -2.29. The monoisotopic (exact) mass is 225 g/mol. The van der Waals surface area contributed by atoms with E-state index in [4.69, 9.17) is 0 Å². The maximum atomic E-state index is 11.8. The molecule has 0 bridgehead atoms. The Morgan fingerprint density at radius 2 is 2.14 bits per heavy atom. The van der Waals surface area contributed by atoms with Gasteiger partial charge in [-0.05, 0) is 18.4 Å². The molecular weight excluding hydrogens is 214 g/mol. The van der Waals surface area contributed by atoms with Gasteiger partial charge in [-0.25, -0.2) is 0 Å². The van der Waals surface area contributed by atoms with Gasteiger partial charge in [-0.15, -0.1) is 11.8 Å². The van der Waals surface area contributed by atoms with Crippen molar-refractivity contribution in [2.24, 2.45) is 0 Å². The Kier molecular flexibility index (Phi) is 2.74. The largest absolute Gasteiger partial charge is 0.313 e. The van der Waals surface area contributed by atoms with Gasteiger partial charge in [0.25, 0.3) is 0 Å². The van der Waals surface area contributed by atoms with E-state index in [9.17, 15) is 4.79 Å². The van der Waals surface area contributed by atoms with E-state index in [-0.39, 0.29) is 10.5 Å². The molecule has 14 heavy (non-hydrogen) atoms. The first-order valence-corrected chi connectivity index (χ1v) is 6.47. The SMILES string of the molecule is CSC1Sc2ccccc2N(C)C1=O. The summed E-state index contributed by atoms with van der Waals surface area (Å²) >= 11 is 3.23. The number of amides is 1. The molecule has 1 atom stereocenters. The molecule has 74 valence electrons. The standard InChI is InChI=1S/C10H11NOS2/c1-11-7-5-3-4-6-8(7)14-10(13-2)9(11)12/h3-6,10H,1-2H3. The predicted molar refractivity (Wildman–Crippen MR) is 63.0 cm³/mol. The molecule has 2 rings (SSSR count). The molecule has 0 aliphatic carbocycles. The van der Waals surface area contributed by atoms with E-state index in [2.05, 4.69) is 6.07 Å². The normalized spacial score (nSPS) is 20.9. The van der Waals surface area contributed by atoms with E-state index in [0.29, 0.717) is 0 Å². The van der Waals surface area contributed by atoms with Gasteiger partial charge in [0.2, 0.25) is 5.91 Å². The number of hydrogen-bond acceptors (Lipinski definition) is 3. The maximum Gasteiger partial charge on any atom is 0.250 e. The fourth-order valence-corrected chi connectivity index (χ4v) is 3.45. The van der Waals surface area contributed by atoms with Crippen molar-refractivity contribution in [1.29, 1.82) is 0 Å². The minimum atomic E-state index is 0.00917. The Hall–Kier alpha value is -0.610. The molecule has 0 saturated heterocycles. The molecule has 1 aliphatic heterocycles.